The van der Waals surface area contributed by atoms with Gasteiger partial charge in [0, 0.05) is 16.6 Å². The second-order valence-corrected chi connectivity index (χ2v) is 7.12. The average molecular weight is 351 g/mol. The summed E-state index contributed by atoms with van der Waals surface area (Å²) in [4.78, 5) is 25.1. The van der Waals surface area contributed by atoms with Crippen molar-refractivity contribution in [3.63, 3.8) is 0 Å². The van der Waals surface area contributed by atoms with Crippen molar-refractivity contribution in [2.24, 2.45) is 5.92 Å². The maximum atomic E-state index is 12.7. The number of benzene rings is 1. The SMILES string of the molecule is CC[C@H](C)[C@H](NC(=O)c1ccc(Cl)cc1)C(=O)NC1CCCCC1. The number of halogens is 1. The van der Waals surface area contributed by atoms with Crippen LogP contribution in [0.4, 0.5) is 0 Å². The van der Waals surface area contributed by atoms with Crippen LogP contribution in [0.15, 0.2) is 24.3 Å². The first-order valence-electron chi connectivity index (χ1n) is 8.88. The number of rotatable bonds is 6. The lowest BCUT2D eigenvalue weighted by molar-refractivity contribution is -0.125. The van der Waals surface area contributed by atoms with Gasteiger partial charge in [0.1, 0.15) is 6.04 Å². The van der Waals surface area contributed by atoms with E-state index in [0.717, 1.165) is 32.1 Å². The molecule has 24 heavy (non-hydrogen) atoms. The number of carbonyl (C=O) groups excluding carboxylic acids is 2. The number of amides is 2. The molecule has 2 amide bonds. The summed E-state index contributed by atoms with van der Waals surface area (Å²) in [7, 11) is 0. The summed E-state index contributed by atoms with van der Waals surface area (Å²) in [6.07, 6.45) is 6.46. The molecule has 2 atom stereocenters. The lowest BCUT2D eigenvalue weighted by atomic mass is 9.93. The maximum absolute atomic E-state index is 12.7. The van der Waals surface area contributed by atoms with Crippen molar-refractivity contribution in [2.75, 3.05) is 0 Å². The van der Waals surface area contributed by atoms with Gasteiger partial charge in [-0.25, -0.2) is 0 Å². The molecule has 0 aromatic heterocycles. The number of nitrogens with one attached hydrogen (secondary N) is 2. The predicted molar refractivity (Wildman–Crippen MR) is 97.2 cm³/mol. The second-order valence-electron chi connectivity index (χ2n) is 6.69. The minimum atomic E-state index is -0.514. The van der Waals surface area contributed by atoms with Crippen molar-refractivity contribution in [2.45, 2.75) is 64.5 Å². The summed E-state index contributed by atoms with van der Waals surface area (Å²) >= 11 is 5.86. The van der Waals surface area contributed by atoms with Crippen LogP contribution in [-0.4, -0.2) is 23.9 Å². The first-order chi connectivity index (χ1) is 11.5. The molecule has 132 valence electrons. The van der Waals surface area contributed by atoms with Gasteiger partial charge in [0.25, 0.3) is 5.91 Å². The van der Waals surface area contributed by atoms with E-state index in [0.29, 0.717) is 10.6 Å². The van der Waals surface area contributed by atoms with Gasteiger partial charge < -0.3 is 10.6 Å². The van der Waals surface area contributed by atoms with Gasteiger partial charge in [0.15, 0.2) is 0 Å². The van der Waals surface area contributed by atoms with Gasteiger partial charge in [-0.05, 0) is 43.0 Å². The van der Waals surface area contributed by atoms with E-state index in [1.54, 1.807) is 24.3 Å². The van der Waals surface area contributed by atoms with Crippen LogP contribution in [-0.2, 0) is 4.79 Å². The van der Waals surface area contributed by atoms with Gasteiger partial charge in [-0.3, -0.25) is 9.59 Å². The Labute approximate surface area is 149 Å². The molecule has 0 spiro atoms. The molecule has 0 saturated heterocycles. The second kappa shape index (κ2) is 9.07. The predicted octanol–water partition coefficient (Wildman–Crippen LogP) is 3.93. The van der Waals surface area contributed by atoms with Crippen molar-refractivity contribution in [1.82, 2.24) is 10.6 Å². The van der Waals surface area contributed by atoms with E-state index < -0.39 is 6.04 Å². The quantitative estimate of drug-likeness (QED) is 0.816. The lowest BCUT2D eigenvalue weighted by Gasteiger charge is -2.28. The van der Waals surface area contributed by atoms with E-state index in [1.807, 2.05) is 13.8 Å². The first kappa shape index (κ1) is 18.8. The lowest BCUT2D eigenvalue weighted by Crippen LogP contribution is -2.52. The fourth-order valence-electron chi connectivity index (χ4n) is 3.07. The molecule has 0 bridgehead atoms. The fraction of sp³-hybridized carbons (Fsp3) is 0.579. The first-order valence-corrected chi connectivity index (χ1v) is 9.26. The summed E-state index contributed by atoms with van der Waals surface area (Å²) < 4.78 is 0. The minimum Gasteiger partial charge on any atom is -0.352 e. The number of hydrogen-bond acceptors (Lipinski definition) is 2. The Morgan fingerprint density at radius 3 is 2.38 bits per heavy atom. The van der Waals surface area contributed by atoms with Gasteiger partial charge in [-0.2, -0.15) is 0 Å². The van der Waals surface area contributed by atoms with Gasteiger partial charge in [-0.1, -0.05) is 51.1 Å². The number of carbonyl (C=O) groups is 2. The molecule has 0 aliphatic heterocycles. The Hall–Kier alpha value is -1.55. The average Bonchev–Trinajstić information content (AvgIpc) is 2.60. The molecule has 2 rings (SSSR count). The Morgan fingerprint density at radius 1 is 1.17 bits per heavy atom. The number of hydrogen-bond donors (Lipinski definition) is 2. The van der Waals surface area contributed by atoms with E-state index in [2.05, 4.69) is 10.6 Å². The molecule has 0 heterocycles. The molecule has 1 aliphatic carbocycles. The van der Waals surface area contributed by atoms with Crippen LogP contribution in [0.1, 0.15) is 62.7 Å². The van der Waals surface area contributed by atoms with Crippen LogP contribution in [0, 0.1) is 5.92 Å². The summed E-state index contributed by atoms with van der Waals surface area (Å²) in [5.74, 6) is -0.237. The highest BCUT2D eigenvalue weighted by molar-refractivity contribution is 6.30. The summed E-state index contributed by atoms with van der Waals surface area (Å²) in [6, 6.07) is 6.42. The Kier molecular flexibility index (Phi) is 7.10. The third kappa shape index (κ3) is 5.23. The van der Waals surface area contributed by atoms with Crippen LogP contribution < -0.4 is 10.6 Å². The topological polar surface area (TPSA) is 58.2 Å². The molecule has 0 unspecified atom stereocenters. The van der Waals surface area contributed by atoms with Crippen molar-refractivity contribution in [3.8, 4) is 0 Å². The smallest absolute Gasteiger partial charge is 0.251 e. The third-order valence-electron chi connectivity index (χ3n) is 4.84. The van der Waals surface area contributed by atoms with Crippen molar-refractivity contribution >= 4 is 23.4 Å². The molecular formula is C19H27ClN2O2. The molecule has 4 nitrogen and oxygen atoms in total. The molecule has 1 saturated carbocycles. The Morgan fingerprint density at radius 2 is 1.79 bits per heavy atom. The summed E-state index contributed by atoms with van der Waals surface area (Å²) in [6.45, 7) is 4.02. The van der Waals surface area contributed by atoms with Crippen LogP contribution >= 0.6 is 11.6 Å². The van der Waals surface area contributed by atoms with Crippen molar-refractivity contribution in [3.05, 3.63) is 34.9 Å². The fourth-order valence-corrected chi connectivity index (χ4v) is 3.19. The Bertz CT molecular complexity index is 553. The van der Waals surface area contributed by atoms with Gasteiger partial charge in [-0.15, -0.1) is 0 Å². The van der Waals surface area contributed by atoms with Crippen LogP contribution in [0.25, 0.3) is 0 Å². The molecule has 1 aliphatic rings. The van der Waals surface area contributed by atoms with E-state index in [4.69, 9.17) is 11.6 Å². The van der Waals surface area contributed by atoms with Crippen LogP contribution in [0.2, 0.25) is 5.02 Å². The molecular weight excluding hydrogens is 324 g/mol. The third-order valence-corrected chi connectivity index (χ3v) is 5.09. The normalized spacial score (nSPS) is 17.8. The van der Waals surface area contributed by atoms with E-state index in [-0.39, 0.29) is 23.8 Å². The highest BCUT2D eigenvalue weighted by Crippen LogP contribution is 2.18. The molecule has 2 N–H and O–H groups in total. The Balaban J connectivity index is 2.02. The van der Waals surface area contributed by atoms with Gasteiger partial charge in [0.2, 0.25) is 5.91 Å². The minimum absolute atomic E-state index is 0.0708. The van der Waals surface area contributed by atoms with Crippen LogP contribution in [0.3, 0.4) is 0 Å². The molecule has 5 heteroatoms. The van der Waals surface area contributed by atoms with Gasteiger partial charge >= 0.3 is 0 Å². The highest BCUT2D eigenvalue weighted by Gasteiger charge is 2.28. The van der Waals surface area contributed by atoms with E-state index in [9.17, 15) is 9.59 Å². The van der Waals surface area contributed by atoms with Gasteiger partial charge in [0.05, 0.1) is 0 Å². The van der Waals surface area contributed by atoms with Crippen molar-refractivity contribution < 1.29 is 9.59 Å². The largest absolute Gasteiger partial charge is 0.352 e. The molecule has 1 aromatic carbocycles. The monoisotopic (exact) mass is 350 g/mol. The van der Waals surface area contributed by atoms with E-state index in [1.165, 1.54) is 6.42 Å². The van der Waals surface area contributed by atoms with Crippen molar-refractivity contribution in [1.29, 1.82) is 0 Å². The molecule has 1 aromatic rings. The zero-order chi connectivity index (χ0) is 17.5. The summed E-state index contributed by atoms with van der Waals surface area (Å²) in [5.41, 5.74) is 0.512. The summed E-state index contributed by atoms with van der Waals surface area (Å²) in [5, 5.41) is 6.61. The standard InChI is InChI=1S/C19H27ClN2O2/c1-3-13(2)17(19(24)21-16-7-5-4-6-8-16)22-18(23)14-9-11-15(20)12-10-14/h9-13,16-17H,3-8H2,1-2H3,(H,21,24)(H,22,23)/t13-,17-/m0/s1. The van der Waals surface area contributed by atoms with E-state index >= 15 is 0 Å². The highest BCUT2D eigenvalue weighted by atomic mass is 35.5. The van der Waals surface area contributed by atoms with Crippen LogP contribution in [0.5, 0.6) is 0 Å². The molecule has 0 radical (unpaired) electrons. The zero-order valence-electron chi connectivity index (χ0n) is 14.5. The zero-order valence-corrected chi connectivity index (χ0v) is 15.2. The maximum Gasteiger partial charge on any atom is 0.251 e. The molecule has 1 fully saturated rings.